The molecule has 0 fully saturated rings. The molecular weight excluding hydrogens is 367 g/mol. The fourth-order valence-corrected chi connectivity index (χ4v) is 3.89. The van der Waals surface area contributed by atoms with Crippen molar-refractivity contribution < 1.29 is 9.31 Å². The van der Waals surface area contributed by atoms with Crippen molar-refractivity contribution in [2.75, 3.05) is 5.73 Å². The Kier molecular flexibility index (Phi) is 4.72. The van der Waals surface area contributed by atoms with Gasteiger partial charge in [0.1, 0.15) is 0 Å². The lowest BCUT2D eigenvalue weighted by Gasteiger charge is -2.33. The molecule has 0 heterocycles. The number of alkyl halides is 1. The second kappa shape index (κ2) is 7.36. The first-order valence-electron chi connectivity index (χ1n) is 9.24. The number of nitrogens with two attached hydrogens (primary N) is 1. The molecule has 0 bridgehead atoms. The molecule has 29 heavy (non-hydrogen) atoms. The van der Waals surface area contributed by atoms with Crippen LogP contribution in [0, 0.1) is 10.1 Å². The molecule has 2 atom stereocenters. The predicted molar refractivity (Wildman–Crippen MR) is 113 cm³/mol. The summed E-state index contributed by atoms with van der Waals surface area (Å²) in [5.41, 5.74) is 6.38. The highest BCUT2D eigenvalue weighted by atomic mass is 19.1. The highest BCUT2D eigenvalue weighted by Gasteiger charge is 2.53. The zero-order valence-corrected chi connectivity index (χ0v) is 15.5. The highest BCUT2D eigenvalue weighted by molar-refractivity contribution is 5.86. The van der Waals surface area contributed by atoms with E-state index in [1.807, 2.05) is 30.3 Å². The van der Waals surface area contributed by atoms with Gasteiger partial charge in [0.2, 0.25) is 5.67 Å². The number of nitrogen functional groups attached to an aromatic ring is 1. The van der Waals surface area contributed by atoms with Crippen molar-refractivity contribution >= 4 is 11.3 Å². The van der Waals surface area contributed by atoms with Gasteiger partial charge < -0.3 is 5.73 Å². The average molecular weight is 386 g/mol. The van der Waals surface area contributed by atoms with Gasteiger partial charge in [-0.25, -0.2) is 4.39 Å². The second-order valence-electron chi connectivity index (χ2n) is 6.91. The third kappa shape index (κ3) is 3.10. The van der Waals surface area contributed by atoms with Crippen molar-refractivity contribution in [3.63, 3.8) is 0 Å². The molecule has 0 radical (unpaired) electrons. The minimum atomic E-state index is -2.39. The van der Waals surface area contributed by atoms with E-state index in [0.717, 1.165) is 5.56 Å². The number of nitrogens with zero attached hydrogens (tertiary/aromatic N) is 1. The number of allylic oxidation sites excluding steroid dienone is 2. The van der Waals surface area contributed by atoms with Crippen molar-refractivity contribution in [2.45, 2.75) is 11.7 Å². The van der Waals surface area contributed by atoms with Crippen LogP contribution in [0.3, 0.4) is 0 Å². The molecule has 2 unspecified atom stereocenters. The summed E-state index contributed by atoms with van der Waals surface area (Å²) in [4.78, 5) is 11.3. The van der Waals surface area contributed by atoms with Crippen LogP contribution < -0.4 is 5.73 Å². The quantitative estimate of drug-likeness (QED) is 0.371. The van der Waals surface area contributed by atoms with E-state index >= 15 is 4.39 Å². The number of rotatable bonds is 4. The summed E-state index contributed by atoms with van der Waals surface area (Å²) in [5, 5.41) is 11.9. The van der Waals surface area contributed by atoms with Gasteiger partial charge >= 0.3 is 0 Å². The van der Waals surface area contributed by atoms with Crippen LogP contribution in [0.5, 0.6) is 0 Å². The zero-order valence-electron chi connectivity index (χ0n) is 15.5. The molecule has 0 saturated heterocycles. The number of para-hydroxylation sites is 1. The molecule has 4 nitrogen and oxygen atoms in total. The number of hydrogen-bond donors (Lipinski definition) is 1. The van der Waals surface area contributed by atoms with E-state index in [2.05, 4.69) is 0 Å². The molecule has 0 saturated carbocycles. The lowest BCUT2D eigenvalue weighted by atomic mass is 9.73. The number of benzene rings is 3. The summed E-state index contributed by atoms with van der Waals surface area (Å²) in [7, 11) is 0. The summed E-state index contributed by atoms with van der Waals surface area (Å²) in [6.07, 6.45) is 4.40. The van der Waals surface area contributed by atoms with E-state index in [1.165, 1.54) is 12.2 Å². The van der Waals surface area contributed by atoms with Gasteiger partial charge in [0.25, 0.3) is 6.04 Å². The molecule has 3 aromatic carbocycles. The smallest absolute Gasteiger partial charge is 0.273 e. The van der Waals surface area contributed by atoms with Gasteiger partial charge in [-0.1, -0.05) is 84.9 Å². The van der Waals surface area contributed by atoms with Gasteiger partial charge in [-0.05, 0) is 23.3 Å². The van der Waals surface area contributed by atoms with Crippen molar-refractivity contribution in [1.82, 2.24) is 0 Å². The minimum absolute atomic E-state index is 0.184. The highest BCUT2D eigenvalue weighted by Crippen LogP contribution is 2.50. The van der Waals surface area contributed by atoms with E-state index in [1.54, 1.807) is 54.6 Å². The summed E-state index contributed by atoms with van der Waals surface area (Å²) >= 11 is 0. The van der Waals surface area contributed by atoms with Gasteiger partial charge in [-0.15, -0.1) is 0 Å². The van der Waals surface area contributed by atoms with Crippen LogP contribution in [-0.4, -0.2) is 11.0 Å². The first-order chi connectivity index (χ1) is 14.0. The number of halogens is 1. The molecule has 5 heteroatoms. The lowest BCUT2D eigenvalue weighted by Crippen LogP contribution is -2.42. The van der Waals surface area contributed by atoms with E-state index < -0.39 is 16.6 Å². The summed E-state index contributed by atoms with van der Waals surface area (Å²) in [5.74, 6) is 0. The first kappa shape index (κ1) is 18.6. The monoisotopic (exact) mass is 386 g/mol. The predicted octanol–water partition coefficient (Wildman–Crippen LogP) is 5.40. The molecule has 0 aromatic heterocycles. The van der Waals surface area contributed by atoms with Crippen LogP contribution in [0.2, 0.25) is 0 Å². The maximum absolute atomic E-state index is 17.1. The maximum Gasteiger partial charge on any atom is 0.273 e. The van der Waals surface area contributed by atoms with Crippen LogP contribution >= 0.6 is 0 Å². The Bertz CT molecular complexity index is 1120. The molecule has 0 amide bonds. The molecule has 0 spiro atoms. The average Bonchev–Trinajstić information content (AvgIpc) is 2.75. The third-order valence-corrected chi connectivity index (χ3v) is 5.24. The number of hydrogen-bond acceptors (Lipinski definition) is 3. The standard InChI is InChI=1S/C24H19FN2O2/c25-24(20-13-6-4-11-18(20)17-9-2-1-3-10-17)21(14-8-16-23(24)27(28)29)19-12-5-7-15-22(19)26/h1-16,23H,26H2. The molecule has 0 aliphatic heterocycles. The summed E-state index contributed by atoms with van der Waals surface area (Å²) in [6, 6.07) is 21.5. The van der Waals surface area contributed by atoms with E-state index in [9.17, 15) is 10.1 Å². The van der Waals surface area contributed by atoms with Gasteiger partial charge in [0, 0.05) is 27.3 Å². The van der Waals surface area contributed by atoms with Crippen molar-refractivity contribution in [2.24, 2.45) is 0 Å². The SMILES string of the molecule is Nc1ccccc1C1=CC=CC([N+](=O)[O-])C1(F)c1ccccc1-c1ccccc1. The fraction of sp³-hybridized carbons (Fsp3) is 0.0833. The normalized spacial score (nSPS) is 20.9. The topological polar surface area (TPSA) is 69.2 Å². The van der Waals surface area contributed by atoms with Crippen LogP contribution in [-0.2, 0) is 5.67 Å². The Balaban J connectivity index is 2.00. The molecule has 1 aliphatic rings. The molecule has 3 aromatic rings. The Morgan fingerprint density at radius 1 is 0.897 bits per heavy atom. The van der Waals surface area contributed by atoms with E-state index in [0.29, 0.717) is 16.8 Å². The fourth-order valence-electron chi connectivity index (χ4n) is 3.89. The van der Waals surface area contributed by atoms with Gasteiger partial charge in [0.15, 0.2) is 0 Å². The van der Waals surface area contributed by atoms with Gasteiger partial charge in [-0.3, -0.25) is 10.1 Å². The molecular formula is C24H19FN2O2. The lowest BCUT2D eigenvalue weighted by molar-refractivity contribution is -0.525. The molecule has 2 N–H and O–H groups in total. The van der Waals surface area contributed by atoms with E-state index in [-0.39, 0.29) is 11.1 Å². The number of anilines is 1. The molecule has 144 valence electrons. The van der Waals surface area contributed by atoms with Gasteiger partial charge in [0.05, 0.1) is 0 Å². The van der Waals surface area contributed by atoms with Crippen LogP contribution in [0.25, 0.3) is 16.7 Å². The zero-order chi connectivity index (χ0) is 20.4. The number of nitro groups is 1. The minimum Gasteiger partial charge on any atom is -0.398 e. The van der Waals surface area contributed by atoms with Crippen LogP contribution in [0.1, 0.15) is 11.1 Å². The van der Waals surface area contributed by atoms with Gasteiger partial charge in [-0.2, -0.15) is 0 Å². The van der Waals surface area contributed by atoms with Crippen molar-refractivity contribution in [3.05, 3.63) is 118 Å². The Labute approximate surface area is 168 Å². The Morgan fingerprint density at radius 2 is 1.52 bits per heavy atom. The third-order valence-electron chi connectivity index (χ3n) is 5.24. The largest absolute Gasteiger partial charge is 0.398 e. The van der Waals surface area contributed by atoms with Crippen LogP contribution in [0.15, 0.2) is 97.1 Å². The summed E-state index contributed by atoms with van der Waals surface area (Å²) < 4.78 is 17.1. The maximum atomic E-state index is 17.1. The Hall–Kier alpha value is -3.73. The molecule has 4 rings (SSSR count). The van der Waals surface area contributed by atoms with Crippen molar-refractivity contribution in [1.29, 1.82) is 0 Å². The first-order valence-corrected chi connectivity index (χ1v) is 9.24. The van der Waals surface area contributed by atoms with Crippen molar-refractivity contribution in [3.8, 4) is 11.1 Å². The van der Waals surface area contributed by atoms with E-state index in [4.69, 9.17) is 5.73 Å². The molecule has 1 aliphatic carbocycles. The summed E-state index contributed by atoms with van der Waals surface area (Å²) in [6.45, 7) is 0. The van der Waals surface area contributed by atoms with Crippen LogP contribution in [0.4, 0.5) is 10.1 Å². The second-order valence-corrected chi connectivity index (χ2v) is 6.91. The Morgan fingerprint density at radius 3 is 2.21 bits per heavy atom.